The zero-order chi connectivity index (χ0) is 23.8. The van der Waals surface area contributed by atoms with E-state index in [0.717, 1.165) is 12.0 Å². The van der Waals surface area contributed by atoms with Crippen LogP contribution in [0.5, 0.6) is 11.5 Å². The summed E-state index contributed by atoms with van der Waals surface area (Å²) in [5, 5.41) is 3.39. The fourth-order valence-electron chi connectivity index (χ4n) is 2.95. The number of methoxy groups -OCH3 is 2. The Morgan fingerprint density at radius 3 is 2.52 bits per heavy atom. The van der Waals surface area contributed by atoms with Crippen LogP contribution in [0.25, 0.3) is 0 Å². The molecule has 0 aliphatic carbocycles. The third kappa shape index (κ3) is 7.23. The Balaban J connectivity index is 1.58. The molecular formula is C23H24ClFN4O3S. The van der Waals surface area contributed by atoms with Crippen LogP contribution in [0.3, 0.4) is 0 Å². The zero-order valence-corrected chi connectivity index (χ0v) is 20.0. The Morgan fingerprint density at radius 1 is 1.09 bits per heavy atom. The highest BCUT2D eigenvalue weighted by atomic mass is 35.5. The van der Waals surface area contributed by atoms with Crippen LogP contribution in [0.2, 0.25) is 5.15 Å². The number of halogens is 2. The molecule has 0 aliphatic rings. The lowest BCUT2D eigenvalue weighted by Gasteiger charge is -2.19. The summed E-state index contributed by atoms with van der Waals surface area (Å²) >= 11 is 7.36. The minimum atomic E-state index is -0.363. The maximum Gasteiger partial charge on any atom is 0.234 e. The van der Waals surface area contributed by atoms with Gasteiger partial charge in [-0.05, 0) is 48.4 Å². The summed E-state index contributed by atoms with van der Waals surface area (Å²) < 4.78 is 23.6. The number of amides is 1. The monoisotopic (exact) mass is 490 g/mol. The van der Waals surface area contributed by atoms with Gasteiger partial charge >= 0.3 is 0 Å². The highest BCUT2D eigenvalue weighted by Gasteiger charge is 2.12. The van der Waals surface area contributed by atoms with E-state index in [2.05, 4.69) is 15.3 Å². The molecule has 0 atom stereocenters. The van der Waals surface area contributed by atoms with E-state index in [-0.39, 0.29) is 17.5 Å². The Bertz CT molecular complexity index is 1100. The summed E-state index contributed by atoms with van der Waals surface area (Å²) in [5.41, 5.74) is 1.61. The van der Waals surface area contributed by atoms with E-state index in [9.17, 15) is 9.18 Å². The molecule has 0 saturated heterocycles. The topological polar surface area (TPSA) is 76.6 Å². The van der Waals surface area contributed by atoms with Crippen molar-refractivity contribution in [2.45, 2.75) is 11.6 Å². The molecule has 0 fully saturated rings. The first-order valence-electron chi connectivity index (χ1n) is 10.0. The van der Waals surface area contributed by atoms with Crippen LogP contribution in [0, 0.1) is 5.82 Å². The van der Waals surface area contributed by atoms with E-state index in [1.54, 1.807) is 20.3 Å². The first-order chi connectivity index (χ1) is 15.9. The molecule has 7 nitrogen and oxygen atoms in total. The number of nitrogens with zero attached hydrogens (tertiary/aromatic N) is 3. The maximum atomic E-state index is 13.0. The molecule has 174 valence electrons. The molecule has 0 saturated carbocycles. The van der Waals surface area contributed by atoms with Crippen molar-refractivity contribution in [3.05, 3.63) is 65.1 Å². The van der Waals surface area contributed by atoms with Gasteiger partial charge in [0.2, 0.25) is 5.91 Å². The molecule has 1 aromatic heterocycles. The second-order valence-electron chi connectivity index (χ2n) is 7.04. The molecule has 3 rings (SSSR count). The molecule has 1 amide bonds. The van der Waals surface area contributed by atoms with Crippen LogP contribution in [0.1, 0.15) is 5.56 Å². The minimum absolute atomic E-state index is 0.0898. The second kappa shape index (κ2) is 11.7. The summed E-state index contributed by atoms with van der Waals surface area (Å²) in [4.78, 5) is 22.9. The van der Waals surface area contributed by atoms with Gasteiger partial charge in [0.25, 0.3) is 0 Å². The fraction of sp³-hybridized carbons (Fsp3) is 0.261. The second-order valence-corrected chi connectivity index (χ2v) is 8.37. The molecule has 1 N–H and O–H groups in total. The average molecular weight is 491 g/mol. The molecule has 0 spiro atoms. The Morgan fingerprint density at radius 2 is 1.82 bits per heavy atom. The van der Waals surface area contributed by atoms with E-state index in [0.29, 0.717) is 39.9 Å². The van der Waals surface area contributed by atoms with Crippen LogP contribution in [-0.2, 0) is 11.2 Å². The van der Waals surface area contributed by atoms with Crippen molar-refractivity contribution < 1.29 is 18.7 Å². The van der Waals surface area contributed by atoms with Gasteiger partial charge in [-0.1, -0.05) is 29.4 Å². The van der Waals surface area contributed by atoms with Crippen molar-refractivity contribution >= 4 is 40.8 Å². The number of rotatable bonds is 10. The molecule has 2 aromatic carbocycles. The third-order valence-electron chi connectivity index (χ3n) is 4.70. The Kier molecular flexibility index (Phi) is 8.73. The number of hydrogen-bond acceptors (Lipinski definition) is 7. The minimum Gasteiger partial charge on any atom is -0.493 e. The van der Waals surface area contributed by atoms with Gasteiger partial charge in [0.05, 0.1) is 20.0 Å². The fourth-order valence-corrected chi connectivity index (χ4v) is 3.83. The first kappa shape index (κ1) is 24.6. The standard InChI is InChI=1S/C23H24ClFN4O3S/c1-29(11-10-15-4-9-18(31-2)19(12-15)32-3)21-13-20(24)27-23(28-21)33-14-22(30)26-17-7-5-16(25)6-8-17/h4-9,12-13H,10-11,14H2,1-3H3,(H,26,30). The molecule has 0 unspecified atom stereocenters. The number of benzene rings is 2. The van der Waals surface area contributed by atoms with Gasteiger partial charge in [-0.25, -0.2) is 14.4 Å². The summed E-state index contributed by atoms with van der Waals surface area (Å²) in [7, 11) is 5.12. The molecule has 0 aliphatic heterocycles. The lowest BCUT2D eigenvalue weighted by molar-refractivity contribution is -0.113. The van der Waals surface area contributed by atoms with E-state index >= 15 is 0 Å². The van der Waals surface area contributed by atoms with Crippen molar-refractivity contribution in [3.63, 3.8) is 0 Å². The smallest absolute Gasteiger partial charge is 0.234 e. The number of thioether (sulfide) groups is 1. The van der Waals surface area contributed by atoms with Gasteiger partial charge in [0.1, 0.15) is 16.8 Å². The van der Waals surface area contributed by atoms with E-state index in [1.165, 1.54) is 36.0 Å². The number of hydrogen-bond donors (Lipinski definition) is 1. The third-order valence-corrected chi connectivity index (χ3v) is 5.74. The largest absolute Gasteiger partial charge is 0.493 e. The normalized spacial score (nSPS) is 10.6. The average Bonchev–Trinajstić information content (AvgIpc) is 2.82. The Hall–Kier alpha value is -3.04. The summed E-state index contributed by atoms with van der Waals surface area (Å²) in [6.07, 6.45) is 0.751. The molecule has 0 bridgehead atoms. The molecule has 0 radical (unpaired) electrons. The van der Waals surface area contributed by atoms with Gasteiger partial charge in [0.15, 0.2) is 16.7 Å². The van der Waals surface area contributed by atoms with E-state index in [4.69, 9.17) is 21.1 Å². The van der Waals surface area contributed by atoms with E-state index < -0.39 is 0 Å². The van der Waals surface area contributed by atoms with Crippen molar-refractivity contribution in [1.82, 2.24) is 9.97 Å². The maximum absolute atomic E-state index is 13.0. The number of carbonyl (C=O) groups excluding carboxylic acids is 1. The van der Waals surface area contributed by atoms with Crippen molar-refractivity contribution in [3.8, 4) is 11.5 Å². The number of ether oxygens (including phenoxy) is 2. The van der Waals surface area contributed by atoms with Crippen LogP contribution >= 0.6 is 23.4 Å². The van der Waals surface area contributed by atoms with Gasteiger partial charge in [-0.3, -0.25) is 4.79 Å². The highest BCUT2D eigenvalue weighted by molar-refractivity contribution is 7.99. The Labute approximate surface area is 201 Å². The lowest BCUT2D eigenvalue weighted by atomic mass is 10.1. The lowest BCUT2D eigenvalue weighted by Crippen LogP contribution is -2.22. The SMILES string of the molecule is COc1ccc(CCN(C)c2cc(Cl)nc(SCC(=O)Nc3ccc(F)cc3)n2)cc1OC. The molecule has 1 heterocycles. The van der Waals surface area contributed by atoms with Gasteiger partial charge in [-0.2, -0.15) is 0 Å². The van der Waals surface area contributed by atoms with Gasteiger partial charge < -0.3 is 19.7 Å². The summed E-state index contributed by atoms with van der Waals surface area (Å²) in [6, 6.07) is 13.1. The number of nitrogens with one attached hydrogen (secondary N) is 1. The van der Waals surface area contributed by atoms with Gasteiger partial charge in [0, 0.05) is 25.3 Å². The summed E-state index contributed by atoms with van der Waals surface area (Å²) in [6.45, 7) is 0.679. The van der Waals surface area contributed by atoms with Crippen LogP contribution in [-0.4, -0.2) is 49.4 Å². The quantitative estimate of drug-likeness (QED) is 0.251. The number of carbonyl (C=O) groups is 1. The highest BCUT2D eigenvalue weighted by Crippen LogP contribution is 2.28. The molecule has 3 aromatic rings. The zero-order valence-electron chi connectivity index (χ0n) is 18.5. The predicted molar refractivity (Wildman–Crippen MR) is 129 cm³/mol. The van der Waals surface area contributed by atoms with Crippen molar-refractivity contribution in [2.24, 2.45) is 0 Å². The van der Waals surface area contributed by atoms with Crippen LogP contribution in [0.15, 0.2) is 53.7 Å². The number of likely N-dealkylation sites (N-methyl/N-ethyl adjacent to an activating group) is 1. The van der Waals surface area contributed by atoms with Gasteiger partial charge in [-0.15, -0.1) is 0 Å². The van der Waals surface area contributed by atoms with E-state index in [1.807, 2.05) is 30.1 Å². The van der Waals surface area contributed by atoms with Crippen LogP contribution < -0.4 is 19.7 Å². The van der Waals surface area contributed by atoms with Crippen LogP contribution in [0.4, 0.5) is 15.9 Å². The molecule has 10 heteroatoms. The first-order valence-corrected chi connectivity index (χ1v) is 11.4. The molecule has 33 heavy (non-hydrogen) atoms. The van der Waals surface area contributed by atoms with Crippen molar-refractivity contribution in [2.75, 3.05) is 43.8 Å². The number of anilines is 2. The van der Waals surface area contributed by atoms with Crippen molar-refractivity contribution in [1.29, 1.82) is 0 Å². The molecular weight excluding hydrogens is 467 g/mol. The summed E-state index contributed by atoms with van der Waals surface area (Å²) in [5.74, 6) is 1.49. The number of aromatic nitrogens is 2. The predicted octanol–water partition coefficient (Wildman–Crippen LogP) is 4.70.